The largest absolute Gasteiger partial charge is 0.396 e. The third kappa shape index (κ3) is 4.47. The molecule has 1 aromatic heterocycles. The second kappa shape index (κ2) is 8.45. The molecule has 0 saturated heterocycles. The van der Waals surface area contributed by atoms with E-state index in [0.717, 1.165) is 23.1 Å². The van der Waals surface area contributed by atoms with E-state index in [1.807, 2.05) is 0 Å². The highest BCUT2D eigenvalue weighted by molar-refractivity contribution is 7.90. The Morgan fingerprint density at radius 1 is 1.10 bits per heavy atom. The zero-order valence-electron chi connectivity index (χ0n) is 16.3. The number of nitrogens with zero attached hydrogens (tertiary/aromatic N) is 2. The molecule has 0 amide bonds. The minimum absolute atomic E-state index is 0.0655. The normalized spacial score (nSPS) is 12.7. The van der Waals surface area contributed by atoms with Crippen molar-refractivity contribution in [2.45, 2.75) is 18.2 Å². The second-order valence-electron chi connectivity index (χ2n) is 7.14. The van der Waals surface area contributed by atoms with Gasteiger partial charge in [-0.3, -0.25) is 4.79 Å². The number of aliphatic hydroxyl groups excluding tert-OH is 1. The second-order valence-corrected chi connectivity index (χ2v) is 9.16. The standard InChI is InChI=1S/C21H20F2N2O4S/c1-13(12-26)9-17-18(14-3-6-16(7-4-14)30(2,28)29)11-24-25(21(17)27)15-5-8-19(22)20(23)10-15/h3-8,10-11,13,26H,9,12H2,1-2H3/t13-/m1/s1. The Balaban J connectivity index is 2.17. The van der Waals surface area contributed by atoms with E-state index < -0.39 is 27.0 Å². The van der Waals surface area contributed by atoms with Gasteiger partial charge >= 0.3 is 0 Å². The zero-order chi connectivity index (χ0) is 22.1. The summed E-state index contributed by atoms with van der Waals surface area (Å²) >= 11 is 0. The molecule has 1 heterocycles. The molecule has 0 aliphatic heterocycles. The van der Waals surface area contributed by atoms with Crippen molar-refractivity contribution in [2.24, 2.45) is 5.92 Å². The fraction of sp³-hybridized carbons (Fsp3) is 0.238. The molecule has 30 heavy (non-hydrogen) atoms. The number of sulfone groups is 1. The van der Waals surface area contributed by atoms with Crippen molar-refractivity contribution < 1.29 is 22.3 Å². The predicted molar refractivity (Wildman–Crippen MR) is 108 cm³/mol. The molecule has 1 N–H and O–H groups in total. The lowest BCUT2D eigenvalue weighted by atomic mass is 9.95. The van der Waals surface area contributed by atoms with E-state index in [9.17, 15) is 27.1 Å². The van der Waals surface area contributed by atoms with E-state index in [-0.39, 0.29) is 29.5 Å². The summed E-state index contributed by atoms with van der Waals surface area (Å²) in [5.74, 6) is -2.39. The summed E-state index contributed by atoms with van der Waals surface area (Å²) in [4.78, 5) is 13.3. The van der Waals surface area contributed by atoms with Gasteiger partial charge in [0.15, 0.2) is 21.5 Å². The van der Waals surface area contributed by atoms with Crippen molar-refractivity contribution in [1.82, 2.24) is 9.78 Å². The Kier molecular flexibility index (Phi) is 6.14. The van der Waals surface area contributed by atoms with E-state index in [2.05, 4.69) is 5.10 Å². The molecule has 0 radical (unpaired) electrons. The Morgan fingerprint density at radius 3 is 2.33 bits per heavy atom. The van der Waals surface area contributed by atoms with Crippen LogP contribution in [0, 0.1) is 17.6 Å². The fourth-order valence-corrected chi connectivity index (χ4v) is 3.66. The Labute approximate surface area is 172 Å². The van der Waals surface area contributed by atoms with Crippen molar-refractivity contribution in [2.75, 3.05) is 12.9 Å². The lowest BCUT2D eigenvalue weighted by Crippen LogP contribution is -2.27. The van der Waals surface area contributed by atoms with Crippen LogP contribution >= 0.6 is 0 Å². The number of halogens is 2. The van der Waals surface area contributed by atoms with Crippen LogP contribution in [0.5, 0.6) is 0 Å². The van der Waals surface area contributed by atoms with Crippen LogP contribution in [0.3, 0.4) is 0 Å². The molecule has 3 aromatic rings. The highest BCUT2D eigenvalue weighted by atomic mass is 32.2. The van der Waals surface area contributed by atoms with Crippen molar-refractivity contribution >= 4 is 9.84 Å². The van der Waals surface area contributed by atoms with Gasteiger partial charge in [0.05, 0.1) is 16.8 Å². The first-order valence-corrected chi connectivity index (χ1v) is 11.0. The molecule has 0 aliphatic carbocycles. The van der Waals surface area contributed by atoms with E-state index >= 15 is 0 Å². The molecule has 0 unspecified atom stereocenters. The number of hydrogen-bond acceptors (Lipinski definition) is 5. The van der Waals surface area contributed by atoms with Crippen molar-refractivity contribution in [3.8, 4) is 16.8 Å². The molecular weight excluding hydrogens is 414 g/mol. The maximum atomic E-state index is 13.6. The molecule has 0 fully saturated rings. The molecular formula is C21H20F2N2O4S. The van der Waals surface area contributed by atoms with Crippen LogP contribution in [0.15, 0.2) is 58.4 Å². The summed E-state index contributed by atoms with van der Waals surface area (Å²) in [5.41, 5.74) is 0.897. The minimum Gasteiger partial charge on any atom is -0.396 e. The summed E-state index contributed by atoms with van der Waals surface area (Å²) in [7, 11) is -3.37. The number of hydrogen-bond donors (Lipinski definition) is 1. The van der Waals surface area contributed by atoms with Crippen molar-refractivity contribution in [3.05, 3.63) is 76.2 Å². The fourth-order valence-electron chi connectivity index (χ4n) is 3.03. The molecule has 3 rings (SSSR count). The molecule has 0 saturated carbocycles. The molecule has 158 valence electrons. The SMILES string of the molecule is C[C@@H](CO)Cc1c(-c2ccc(S(C)(=O)=O)cc2)cnn(-c2ccc(F)c(F)c2)c1=O. The Bertz CT molecular complexity index is 1240. The topological polar surface area (TPSA) is 89.3 Å². The first-order chi connectivity index (χ1) is 14.1. The first kappa shape index (κ1) is 21.8. The van der Waals surface area contributed by atoms with Crippen LogP contribution in [0.4, 0.5) is 8.78 Å². The predicted octanol–water partition coefficient (Wildman–Crippen LogP) is 2.75. The summed E-state index contributed by atoms with van der Waals surface area (Å²) in [5, 5.41) is 13.5. The molecule has 0 bridgehead atoms. The lowest BCUT2D eigenvalue weighted by Gasteiger charge is -2.15. The van der Waals surface area contributed by atoms with Gasteiger partial charge in [-0.1, -0.05) is 19.1 Å². The Hall–Kier alpha value is -2.91. The minimum atomic E-state index is -3.37. The van der Waals surface area contributed by atoms with Crippen molar-refractivity contribution in [3.63, 3.8) is 0 Å². The van der Waals surface area contributed by atoms with E-state index in [1.165, 1.54) is 24.4 Å². The molecule has 1 atom stereocenters. The number of aliphatic hydroxyl groups is 1. The van der Waals surface area contributed by atoms with E-state index in [1.54, 1.807) is 19.1 Å². The van der Waals surface area contributed by atoms with Crippen LogP contribution < -0.4 is 5.56 Å². The molecule has 0 spiro atoms. The van der Waals surface area contributed by atoms with E-state index in [4.69, 9.17) is 0 Å². The quantitative estimate of drug-likeness (QED) is 0.645. The van der Waals surface area contributed by atoms with E-state index in [0.29, 0.717) is 16.7 Å². The van der Waals surface area contributed by atoms with Gasteiger partial charge in [0.25, 0.3) is 5.56 Å². The van der Waals surface area contributed by atoms with Crippen LogP contribution in [0.1, 0.15) is 12.5 Å². The van der Waals surface area contributed by atoms with Crippen molar-refractivity contribution in [1.29, 1.82) is 0 Å². The van der Waals surface area contributed by atoms with Gasteiger partial charge in [-0.15, -0.1) is 0 Å². The highest BCUT2D eigenvalue weighted by Gasteiger charge is 2.18. The summed E-state index contributed by atoms with van der Waals surface area (Å²) < 4.78 is 51.2. The molecule has 6 nitrogen and oxygen atoms in total. The van der Waals surface area contributed by atoms with Crippen LogP contribution in [-0.2, 0) is 16.3 Å². The zero-order valence-corrected chi connectivity index (χ0v) is 17.2. The summed E-state index contributed by atoms with van der Waals surface area (Å²) in [6.45, 7) is 1.61. The average Bonchev–Trinajstić information content (AvgIpc) is 2.71. The summed E-state index contributed by atoms with van der Waals surface area (Å²) in [6.07, 6.45) is 2.73. The van der Waals surface area contributed by atoms with Gasteiger partial charge in [-0.2, -0.15) is 9.78 Å². The number of benzene rings is 2. The van der Waals surface area contributed by atoms with Gasteiger partial charge in [0.2, 0.25) is 0 Å². The third-order valence-electron chi connectivity index (χ3n) is 4.68. The Morgan fingerprint density at radius 2 is 1.77 bits per heavy atom. The maximum absolute atomic E-state index is 13.6. The maximum Gasteiger partial charge on any atom is 0.275 e. The van der Waals surface area contributed by atoms with Gasteiger partial charge in [-0.05, 0) is 42.2 Å². The monoisotopic (exact) mass is 434 g/mol. The van der Waals surface area contributed by atoms with Gasteiger partial charge in [0.1, 0.15) is 0 Å². The average molecular weight is 434 g/mol. The lowest BCUT2D eigenvalue weighted by molar-refractivity contribution is 0.236. The van der Waals surface area contributed by atoms with Gasteiger partial charge in [0, 0.05) is 30.1 Å². The summed E-state index contributed by atoms with van der Waals surface area (Å²) in [6, 6.07) is 9.04. The van der Waals surface area contributed by atoms with Gasteiger partial charge in [-0.25, -0.2) is 17.2 Å². The molecule has 9 heteroatoms. The van der Waals surface area contributed by atoms with Gasteiger partial charge < -0.3 is 5.11 Å². The highest BCUT2D eigenvalue weighted by Crippen LogP contribution is 2.25. The smallest absolute Gasteiger partial charge is 0.275 e. The number of aromatic nitrogens is 2. The molecule has 2 aromatic carbocycles. The molecule has 0 aliphatic rings. The number of rotatable bonds is 6. The first-order valence-electron chi connectivity index (χ1n) is 9.09. The third-order valence-corrected chi connectivity index (χ3v) is 5.81. The van der Waals surface area contributed by atoms with Crippen LogP contribution in [0.2, 0.25) is 0 Å². The van der Waals surface area contributed by atoms with Crippen LogP contribution in [-0.4, -0.2) is 36.2 Å². The van der Waals surface area contributed by atoms with Crippen LogP contribution in [0.25, 0.3) is 16.8 Å².